The van der Waals surface area contributed by atoms with E-state index in [1.807, 2.05) is 28.6 Å². The molecular formula is C28H34ClN5O5. The Morgan fingerprint density at radius 3 is 2.54 bits per heavy atom. The molecule has 1 aromatic heterocycles. The van der Waals surface area contributed by atoms with Crippen LogP contribution in [0.1, 0.15) is 56.2 Å². The molecular weight excluding hydrogens is 522 g/mol. The molecule has 8 rings (SSSR count). The Morgan fingerprint density at radius 1 is 1.13 bits per heavy atom. The number of halogens is 1. The maximum Gasteiger partial charge on any atom is 0.408 e. The van der Waals surface area contributed by atoms with Gasteiger partial charge in [-0.1, -0.05) is 17.7 Å². The van der Waals surface area contributed by atoms with E-state index in [4.69, 9.17) is 21.1 Å². The van der Waals surface area contributed by atoms with Crippen LogP contribution in [0.3, 0.4) is 0 Å². The van der Waals surface area contributed by atoms with E-state index in [9.17, 15) is 14.9 Å². The Labute approximate surface area is 232 Å². The van der Waals surface area contributed by atoms with E-state index in [-0.39, 0.29) is 34.5 Å². The zero-order valence-corrected chi connectivity index (χ0v) is 23.0. The van der Waals surface area contributed by atoms with E-state index in [1.165, 1.54) is 12.0 Å². The zero-order valence-electron chi connectivity index (χ0n) is 22.2. The summed E-state index contributed by atoms with van der Waals surface area (Å²) in [6, 6.07) is 6.09. The van der Waals surface area contributed by atoms with Gasteiger partial charge >= 0.3 is 5.82 Å². The number of fused-ring (bicyclic) bond motifs is 1. The van der Waals surface area contributed by atoms with E-state index < -0.39 is 4.92 Å². The number of carbonyl (C=O) groups excluding carboxylic acids is 1. The molecule has 0 spiro atoms. The molecule has 2 aliphatic heterocycles. The van der Waals surface area contributed by atoms with Crippen LogP contribution in [0.15, 0.2) is 18.2 Å². The molecule has 6 aliphatic rings. The van der Waals surface area contributed by atoms with Gasteiger partial charge in [-0.3, -0.25) is 9.69 Å². The highest BCUT2D eigenvalue weighted by molar-refractivity contribution is 6.33. The maximum absolute atomic E-state index is 13.7. The summed E-state index contributed by atoms with van der Waals surface area (Å²) < 4.78 is 12.8. The Hall–Kier alpha value is -2.85. The highest BCUT2D eigenvalue weighted by Crippen LogP contribution is 2.65. The fourth-order valence-corrected chi connectivity index (χ4v) is 8.98. The first-order chi connectivity index (χ1) is 18.7. The lowest BCUT2D eigenvalue weighted by molar-refractivity contribution is -0.389. The van der Waals surface area contributed by atoms with Crippen molar-refractivity contribution in [3.05, 3.63) is 44.6 Å². The van der Waals surface area contributed by atoms with Crippen LogP contribution in [0.4, 0.5) is 5.82 Å². The minimum atomic E-state index is -0.488. The van der Waals surface area contributed by atoms with Crippen molar-refractivity contribution in [3.63, 3.8) is 0 Å². The second kappa shape index (κ2) is 9.09. The van der Waals surface area contributed by atoms with Crippen LogP contribution in [0, 0.1) is 34.3 Å². The molecule has 1 amide bonds. The third-order valence-corrected chi connectivity index (χ3v) is 10.3. The van der Waals surface area contributed by atoms with Gasteiger partial charge in [-0.25, -0.2) is 0 Å². The van der Waals surface area contributed by atoms with E-state index in [0.717, 1.165) is 76.3 Å². The molecule has 3 heterocycles. The Kier molecular flexibility index (Phi) is 5.86. The number of hydrogen-bond acceptors (Lipinski definition) is 7. The predicted molar refractivity (Wildman–Crippen MR) is 143 cm³/mol. The monoisotopic (exact) mass is 555 g/mol. The fraction of sp³-hybridized carbons (Fsp3) is 0.643. The number of benzene rings is 1. The first-order valence-corrected chi connectivity index (χ1v) is 14.4. The van der Waals surface area contributed by atoms with Crippen molar-refractivity contribution < 1.29 is 19.2 Å². The van der Waals surface area contributed by atoms with Crippen molar-refractivity contribution in [3.8, 4) is 11.5 Å². The summed E-state index contributed by atoms with van der Waals surface area (Å²) in [5, 5.41) is 16.1. The lowest BCUT2D eigenvalue weighted by Crippen LogP contribution is -2.58. The van der Waals surface area contributed by atoms with Gasteiger partial charge in [-0.2, -0.15) is 4.68 Å². The number of rotatable bonds is 6. The molecule has 10 nitrogen and oxygen atoms in total. The molecule has 4 bridgehead atoms. The number of aromatic nitrogens is 2. The number of ether oxygens (including phenoxy) is 2. The highest BCUT2D eigenvalue weighted by Gasteiger charge is 2.61. The number of hydrogen-bond donors (Lipinski definition) is 0. The quantitative estimate of drug-likeness (QED) is 0.381. The van der Waals surface area contributed by atoms with Crippen LogP contribution in [-0.2, 0) is 16.9 Å². The SMILES string of the molecule is Cc1c(Cl)c([N+](=O)[O-])nn1C12CC3CC(CC(CC(=O)N4CCN(Cc5ccc6c(c5)OCO6)CC4)(C3)C1)C2. The van der Waals surface area contributed by atoms with Gasteiger partial charge in [0.25, 0.3) is 0 Å². The molecule has 2 aromatic rings. The average molecular weight is 556 g/mol. The minimum absolute atomic E-state index is 0.0650. The maximum atomic E-state index is 13.7. The molecule has 0 N–H and O–H groups in total. The number of nitro groups is 1. The molecule has 1 aromatic carbocycles. The third-order valence-electron chi connectivity index (χ3n) is 9.89. The van der Waals surface area contributed by atoms with Crippen molar-refractivity contribution >= 4 is 23.3 Å². The second-order valence-corrected chi connectivity index (χ2v) is 13.0. The second-order valence-electron chi connectivity index (χ2n) is 12.6. The standard InChI is InChI=1S/C28H34ClN5O5/c1-18-25(29)26(34(36)37)30-33(18)28-12-20-8-21(13-28)11-27(10-20,16-28)14-24(35)32-6-4-31(5-7-32)15-19-2-3-22-23(9-19)39-17-38-22/h2-3,9,20-21H,4-8,10-17H2,1H3. The first kappa shape index (κ1) is 25.1. The van der Waals surface area contributed by atoms with Gasteiger partial charge in [-0.05, 0) is 85.3 Å². The summed E-state index contributed by atoms with van der Waals surface area (Å²) >= 11 is 6.36. The van der Waals surface area contributed by atoms with Crippen molar-refractivity contribution in [1.29, 1.82) is 0 Å². The average Bonchev–Trinajstić information content (AvgIpc) is 3.47. The number of piperazine rings is 1. The van der Waals surface area contributed by atoms with E-state index in [1.54, 1.807) is 0 Å². The van der Waals surface area contributed by atoms with Crippen LogP contribution in [-0.4, -0.2) is 63.4 Å². The Bertz CT molecular complexity index is 1320. The van der Waals surface area contributed by atoms with Crippen LogP contribution in [0.2, 0.25) is 5.02 Å². The molecule has 1 saturated heterocycles. The molecule has 4 saturated carbocycles. The van der Waals surface area contributed by atoms with Gasteiger partial charge in [0.2, 0.25) is 12.7 Å². The van der Waals surface area contributed by atoms with Crippen LogP contribution in [0.5, 0.6) is 11.5 Å². The van der Waals surface area contributed by atoms with Gasteiger partial charge in [-0.15, -0.1) is 0 Å². The van der Waals surface area contributed by atoms with Crippen molar-refractivity contribution in [2.24, 2.45) is 17.3 Å². The molecule has 39 heavy (non-hydrogen) atoms. The van der Waals surface area contributed by atoms with E-state index in [0.29, 0.717) is 24.0 Å². The summed E-state index contributed by atoms with van der Waals surface area (Å²) in [5.74, 6) is 2.64. The molecule has 2 atom stereocenters. The summed E-state index contributed by atoms with van der Waals surface area (Å²) in [6.07, 6.45) is 6.65. The molecule has 0 radical (unpaired) electrons. The van der Waals surface area contributed by atoms with Crippen molar-refractivity contribution in [2.45, 2.75) is 64.0 Å². The van der Waals surface area contributed by atoms with Gasteiger partial charge in [0.05, 0.1) is 16.3 Å². The number of nitrogens with zero attached hydrogens (tertiary/aromatic N) is 5. The fourth-order valence-electron chi connectivity index (χ4n) is 8.79. The summed E-state index contributed by atoms with van der Waals surface area (Å²) in [7, 11) is 0. The van der Waals surface area contributed by atoms with E-state index >= 15 is 0 Å². The van der Waals surface area contributed by atoms with Crippen LogP contribution < -0.4 is 9.47 Å². The Morgan fingerprint density at radius 2 is 1.85 bits per heavy atom. The first-order valence-electron chi connectivity index (χ1n) is 14.0. The molecule has 2 unspecified atom stereocenters. The number of amides is 1. The summed E-state index contributed by atoms with van der Waals surface area (Å²) in [4.78, 5) is 29.2. The van der Waals surface area contributed by atoms with E-state index in [2.05, 4.69) is 16.1 Å². The summed E-state index contributed by atoms with van der Waals surface area (Å²) in [6.45, 7) is 6.09. The van der Waals surface area contributed by atoms with Crippen LogP contribution in [0.25, 0.3) is 0 Å². The van der Waals surface area contributed by atoms with Gasteiger partial charge in [0.15, 0.2) is 16.5 Å². The summed E-state index contributed by atoms with van der Waals surface area (Å²) in [5.41, 5.74) is 1.51. The lowest BCUT2D eigenvalue weighted by atomic mass is 9.46. The molecule has 208 valence electrons. The highest BCUT2D eigenvalue weighted by atomic mass is 35.5. The van der Waals surface area contributed by atoms with Crippen molar-refractivity contribution in [1.82, 2.24) is 19.6 Å². The van der Waals surface area contributed by atoms with Crippen LogP contribution >= 0.6 is 11.6 Å². The Balaban J connectivity index is 1.03. The zero-order chi connectivity index (χ0) is 26.9. The largest absolute Gasteiger partial charge is 0.454 e. The molecule has 4 aliphatic carbocycles. The van der Waals surface area contributed by atoms with Gasteiger partial charge < -0.3 is 24.5 Å². The minimum Gasteiger partial charge on any atom is -0.454 e. The van der Waals surface area contributed by atoms with Gasteiger partial charge in [0, 0.05) is 39.1 Å². The smallest absolute Gasteiger partial charge is 0.408 e. The predicted octanol–water partition coefficient (Wildman–Crippen LogP) is 4.51. The van der Waals surface area contributed by atoms with Gasteiger partial charge in [0.1, 0.15) is 0 Å². The molecule has 5 fully saturated rings. The molecule has 11 heteroatoms. The lowest BCUT2D eigenvalue weighted by Gasteiger charge is -2.61. The topological polar surface area (TPSA) is 103 Å². The van der Waals surface area contributed by atoms with Crippen molar-refractivity contribution in [2.75, 3.05) is 33.0 Å². The number of carbonyl (C=O) groups is 1. The third kappa shape index (κ3) is 4.27. The normalized spacial score (nSPS) is 31.2.